The fourth-order valence-corrected chi connectivity index (χ4v) is 2.84. The van der Waals surface area contributed by atoms with E-state index in [1.165, 1.54) is 6.26 Å². The first kappa shape index (κ1) is 17.3. The summed E-state index contributed by atoms with van der Waals surface area (Å²) in [5, 5.41) is 8.95. The molecule has 0 saturated carbocycles. The Labute approximate surface area is 143 Å². The predicted molar refractivity (Wildman–Crippen MR) is 89.3 cm³/mol. The molecule has 0 fully saturated rings. The van der Waals surface area contributed by atoms with Crippen LogP contribution in [0.25, 0.3) is 0 Å². The molecule has 0 aliphatic rings. The highest BCUT2D eigenvalue weighted by Gasteiger charge is 2.24. The topological polar surface area (TPSA) is 70.8 Å². The maximum Gasteiger partial charge on any atom is 0.311 e. The molecule has 0 saturated heterocycles. The number of rotatable bonds is 6. The monoisotopic (exact) mass is 379 g/mol. The Bertz CT molecular complexity index is 723. The van der Waals surface area contributed by atoms with Crippen LogP contribution in [-0.4, -0.2) is 28.4 Å². The van der Waals surface area contributed by atoms with Crippen molar-refractivity contribution in [3.8, 4) is 0 Å². The second-order valence-corrected chi connectivity index (χ2v) is 6.15. The fraction of sp³-hybridized carbons (Fsp3) is 0.294. The molecule has 2 rings (SSSR count). The van der Waals surface area contributed by atoms with Crippen LogP contribution in [0.4, 0.5) is 0 Å². The lowest BCUT2D eigenvalue weighted by Gasteiger charge is -2.21. The molecule has 5 nitrogen and oxygen atoms in total. The van der Waals surface area contributed by atoms with Crippen molar-refractivity contribution in [1.29, 1.82) is 0 Å². The Morgan fingerprint density at radius 1 is 1.35 bits per heavy atom. The minimum Gasteiger partial charge on any atom is -0.481 e. The van der Waals surface area contributed by atoms with Crippen molar-refractivity contribution in [3.63, 3.8) is 0 Å². The first-order valence-electron chi connectivity index (χ1n) is 7.24. The quantitative estimate of drug-likeness (QED) is 0.831. The van der Waals surface area contributed by atoms with Crippen LogP contribution in [0.1, 0.15) is 34.2 Å². The Morgan fingerprint density at radius 3 is 2.70 bits per heavy atom. The average Bonchev–Trinajstić information content (AvgIpc) is 2.84. The highest BCUT2D eigenvalue weighted by Crippen LogP contribution is 2.21. The molecule has 1 amide bonds. The molecule has 122 valence electrons. The number of benzene rings is 1. The Balaban J connectivity index is 2.26. The minimum absolute atomic E-state index is 0.202. The van der Waals surface area contributed by atoms with Gasteiger partial charge in [-0.15, -0.1) is 0 Å². The van der Waals surface area contributed by atoms with Crippen LogP contribution in [0.5, 0.6) is 0 Å². The molecular formula is C17H18BrNO4. The average molecular weight is 380 g/mol. The van der Waals surface area contributed by atoms with E-state index in [0.29, 0.717) is 24.2 Å². The number of carboxylic acid groups (broad SMARTS) is 1. The fourth-order valence-electron chi connectivity index (χ4n) is 2.39. The number of hydrogen-bond donors (Lipinski definition) is 1. The molecule has 0 unspecified atom stereocenters. The summed E-state index contributed by atoms with van der Waals surface area (Å²) >= 11 is 3.42. The molecular weight excluding hydrogens is 362 g/mol. The van der Waals surface area contributed by atoms with Crippen molar-refractivity contribution < 1.29 is 19.1 Å². The lowest BCUT2D eigenvalue weighted by atomic mass is 10.1. The van der Waals surface area contributed by atoms with Crippen LogP contribution in [0, 0.1) is 6.92 Å². The summed E-state index contributed by atoms with van der Waals surface area (Å²) < 4.78 is 6.20. The smallest absolute Gasteiger partial charge is 0.311 e. The molecule has 0 bridgehead atoms. The van der Waals surface area contributed by atoms with Gasteiger partial charge in [-0.25, -0.2) is 0 Å². The van der Waals surface area contributed by atoms with Gasteiger partial charge in [0.1, 0.15) is 12.2 Å². The number of carbonyl (C=O) groups excluding carboxylic acids is 1. The van der Waals surface area contributed by atoms with Crippen LogP contribution in [0.15, 0.2) is 39.4 Å². The van der Waals surface area contributed by atoms with E-state index in [1.807, 2.05) is 31.2 Å². The van der Waals surface area contributed by atoms with Crippen molar-refractivity contribution in [1.82, 2.24) is 4.90 Å². The Morgan fingerprint density at radius 2 is 2.09 bits per heavy atom. The number of aryl methyl sites for hydroxylation is 1. The summed E-state index contributed by atoms with van der Waals surface area (Å²) in [5.41, 5.74) is 2.00. The predicted octanol–water partition coefficient (Wildman–Crippen LogP) is 3.64. The van der Waals surface area contributed by atoms with Gasteiger partial charge in [0.2, 0.25) is 0 Å². The van der Waals surface area contributed by atoms with Gasteiger partial charge >= 0.3 is 5.97 Å². The SMILES string of the molecule is CCN(Cc1cccc(Br)c1)C(=O)c1c(C)coc1CC(=O)O. The highest BCUT2D eigenvalue weighted by molar-refractivity contribution is 9.10. The van der Waals surface area contributed by atoms with Gasteiger partial charge in [-0.05, 0) is 31.5 Å². The van der Waals surface area contributed by atoms with E-state index in [4.69, 9.17) is 9.52 Å². The number of aliphatic carboxylic acids is 1. The van der Waals surface area contributed by atoms with Crippen LogP contribution < -0.4 is 0 Å². The van der Waals surface area contributed by atoms with Crippen molar-refractivity contribution in [2.45, 2.75) is 26.8 Å². The Kier molecular flexibility index (Phi) is 5.60. The molecule has 2 aromatic rings. The van der Waals surface area contributed by atoms with Crippen LogP contribution >= 0.6 is 15.9 Å². The van der Waals surface area contributed by atoms with E-state index in [-0.39, 0.29) is 18.1 Å². The Hall–Kier alpha value is -2.08. The summed E-state index contributed by atoms with van der Waals surface area (Å²) in [6.07, 6.45) is 1.13. The molecule has 0 aliphatic carbocycles. The zero-order valence-electron chi connectivity index (χ0n) is 13.0. The third kappa shape index (κ3) is 4.22. The van der Waals surface area contributed by atoms with Gasteiger partial charge < -0.3 is 14.4 Å². The van der Waals surface area contributed by atoms with Crippen molar-refractivity contribution in [2.75, 3.05) is 6.54 Å². The number of amides is 1. The van der Waals surface area contributed by atoms with E-state index in [0.717, 1.165) is 10.0 Å². The van der Waals surface area contributed by atoms with E-state index < -0.39 is 5.97 Å². The van der Waals surface area contributed by atoms with E-state index in [2.05, 4.69) is 15.9 Å². The van der Waals surface area contributed by atoms with Gasteiger partial charge in [-0.2, -0.15) is 0 Å². The van der Waals surface area contributed by atoms with Gasteiger partial charge in [0, 0.05) is 23.1 Å². The minimum atomic E-state index is -1.02. The van der Waals surface area contributed by atoms with E-state index >= 15 is 0 Å². The zero-order chi connectivity index (χ0) is 17.0. The second-order valence-electron chi connectivity index (χ2n) is 5.24. The first-order valence-corrected chi connectivity index (χ1v) is 8.04. The van der Waals surface area contributed by atoms with Crippen molar-refractivity contribution in [3.05, 3.63) is 57.5 Å². The maximum atomic E-state index is 12.8. The maximum absolute atomic E-state index is 12.8. The summed E-state index contributed by atoms with van der Waals surface area (Å²) in [7, 11) is 0. The number of hydrogen-bond acceptors (Lipinski definition) is 3. The molecule has 0 atom stereocenters. The molecule has 1 N–H and O–H groups in total. The lowest BCUT2D eigenvalue weighted by molar-refractivity contribution is -0.136. The molecule has 0 radical (unpaired) electrons. The van der Waals surface area contributed by atoms with Gasteiger partial charge in [-0.3, -0.25) is 9.59 Å². The highest BCUT2D eigenvalue weighted by atomic mass is 79.9. The number of nitrogens with zero attached hydrogens (tertiary/aromatic N) is 1. The summed E-state index contributed by atoms with van der Waals surface area (Å²) in [4.78, 5) is 25.4. The van der Waals surface area contributed by atoms with Gasteiger partial charge in [0.05, 0.1) is 11.8 Å². The normalized spacial score (nSPS) is 10.6. The molecule has 0 aliphatic heterocycles. The number of carboxylic acids is 1. The third-order valence-corrected chi connectivity index (χ3v) is 4.00. The van der Waals surface area contributed by atoms with Gasteiger partial charge in [-0.1, -0.05) is 28.1 Å². The molecule has 1 heterocycles. The molecule has 0 spiro atoms. The molecule has 1 aromatic heterocycles. The van der Waals surface area contributed by atoms with Crippen LogP contribution in [0.2, 0.25) is 0 Å². The molecule has 6 heteroatoms. The molecule has 23 heavy (non-hydrogen) atoms. The van der Waals surface area contributed by atoms with Crippen LogP contribution in [0.3, 0.4) is 0 Å². The van der Waals surface area contributed by atoms with Gasteiger partial charge in [0.15, 0.2) is 0 Å². The largest absolute Gasteiger partial charge is 0.481 e. The van der Waals surface area contributed by atoms with Crippen molar-refractivity contribution >= 4 is 27.8 Å². The van der Waals surface area contributed by atoms with Gasteiger partial charge in [0.25, 0.3) is 5.91 Å². The number of halogens is 1. The summed E-state index contributed by atoms with van der Waals surface area (Å²) in [6.45, 7) is 4.60. The summed E-state index contributed by atoms with van der Waals surface area (Å²) in [5.74, 6) is -1.04. The standard InChI is InChI=1S/C17H18BrNO4/c1-3-19(9-12-5-4-6-13(18)7-12)17(22)16-11(2)10-23-14(16)8-15(20)21/h4-7,10H,3,8-9H2,1-2H3,(H,20,21). The lowest BCUT2D eigenvalue weighted by Crippen LogP contribution is -2.31. The third-order valence-electron chi connectivity index (χ3n) is 3.51. The van der Waals surface area contributed by atoms with Crippen molar-refractivity contribution in [2.24, 2.45) is 0 Å². The second kappa shape index (κ2) is 7.46. The zero-order valence-corrected chi connectivity index (χ0v) is 14.6. The van der Waals surface area contributed by atoms with Crippen LogP contribution in [-0.2, 0) is 17.8 Å². The van der Waals surface area contributed by atoms with E-state index in [1.54, 1.807) is 11.8 Å². The van der Waals surface area contributed by atoms with E-state index in [9.17, 15) is 9.59 Å². The first-order chi connectivity index (χ1) is 10.9. The molecule has 1 aromatic carbocycles. The summed E-state index contributed by atoms with van der Waals surface area (Å²) in [6, 6.07) is 7.74. The number of furan rings is 1. The number of carbonyl (C=O) groups is 2.